The molecule has 0 aromatic heterocycles. The highest BCUT2D eigenvalue weighted by Gasteiger charge is 2.32. The maximum atomic E-state index is 5.56. The van der Waals surface area contributed by atoms with Crippen molar-refractivity contribution < 1.29 is 14.2 Å². The van der Waals surface area contributed by atoms with Crippen LogP contribution in [-0.4, -0.2) is 39.1 Å². The molecule has 1 saturated heterocycles. The van der Waals surface area contributed by atoms with Crippen LogP contribution in [0.4, 0.5) is 0 Å². The van der Waals surface area contributed by atoms with Crippen molar-refractivity contribution in [2.75, 3.05) is 20.8 Å². The van der Waals surface area contributed by atoms with Crippen LogP contribution in [0.1, 0.15) is 13.3 Å². The Morgan fingerprint density at radius 1 is 1.45 bits per heavy atom. The van der Waals surface area contributed by atoms with E-state index >= 15 is 0 Å². The van der Waals surface area contributed by atoms with Gasteiger partial charge < -0.3 is 14.2 Å². The molecule has 1 aliphatic rings. The summed E-state index contributed by atoms with van der Waals surface area (Å²) in [7, 11) is 3.40. The van der Waals surface area contributed by atoms with Gasteiger partial charge in [-0.1, -0.05) is 0 Å². The highest BCUT2D eigenvalue weighted by molar-refractivity contribution is 4.80. The number of hydrogen-bond acceptors (Lipinski definition) is 3. The highest BCUT2D eigenvalue weighted by atomic mass is 16.6. The summed E-state index contributed by atoms with van der Waals surface area (Å²) < 4.78 is 15.8. The van der Waals surface area contributed by atoms with Crippen LogP contribution in [0.2, 0.25) is 0 Å². The third kappa shape index (κ3) is 2.15. The molecule has 0 aliphatic carbocycles. The molecule has 0 aromatic rings. The Morgan fingerprint density at radius 3 is 2.73 bits per heavy atom. The third-order valence-electron chi connectivity index (χ3n) is 2.02. The second kappa shape index (κ2) is 4.04. The average Bonchev–Trinajstić information content (AvgIpc) is 2.32. The molecule has 1 fully saturated rings. The topological polar surface area (TPSA) is 27.7 Å². The van der Waals surface area contributed by atoms with Gasteiger partial charge in [-0.25, -0.2) is 0 Å². The molecule has 1 rings (SSSR count). The Morgan fingerprint density at radius 2 is 2.18 bits per heavy atom. The first-order valence-corrected chi connectivity index (χ1v) is 3.95. The molecule has 0 saturated carbocycles. The quantitative estimate of drug-likeness (QED) is 0.612. The van der Waals surface area contributed by atoms with Crippen LogP contribution < -0.4 is 0 Å². The second-order valence-electron chi connectivity index (χ2n) is 2.95. The van der Waals surface area contributed by atoms with Crippen LogP contribution in [0.5, 0.6) is 0 Å². The van der Waals surface area contributed by atoms with E-state index in [1.807, 2.05) is 0 Å². The van der Waals surface area contributed by atoms with Gasteiger partial charge in [-0.2, -0.15) is 0 Å². The minimum absolute atomic E-state index is 0.125. The van der Waals surface area contributed by atoms with E-state index in [4.69, 9.17) is 14.2 Å². The molecule has 66 valence electrons. The zero-order valence-corrected chi connectivity index (χ0v) is 7.37. The summed E-state index contributed by atoms with van der Waals surface area (Å²) in [6, 6.07) is 0. The lowest BCUT2D eigenvalue weighted by molar-refractivity contribution is -0.0404. The van der Waals surface area contributed by atoms with E-state index in [2.05, 4.69) is 6.92 Å². The van der Waals surface area contributed by atoms with Gasteiger partial charge in [0.25, 0.3) is 0 Å². The lowest BCUT2D eigenvalue weighted by Gasteiger charge is -2.15. The van der Waals surface area contributed by atoms with Crippen LogP contribution in [-0.2, 0) is 14.2 Å². The van der Waals surface area contributed by atoms with E-state index in [1.165, 1.54) is 0 Å². The Hall–Kier alpha value is -0.120. The highest BCUT2D eigenvalue weighted by Crippen LogP contribution is 2.22. The first kappa shape index (κ1) is 8.97. The zero-order valence-electron chi connectivity index (χ0n) is 7.37. The number of hydrogen-bond donors (Lipinski definition) is 0. The van der Waals surface area contributed by atoms with Gasteiger partial charge in [-0.15, -0.1) is 0 Å². The van der Waals surface area contributed by atoms with Gasteiger partial charge in [0.2, 0.25) is 0 Å². The monoisotopic (exact) mass is 160 g/mol. The minimum Gasteiger partial charge on any atom is -0.382 e. The van der Waals surface area contributed by atoms with E-state index < -0.39 is 0 Å². The molecular weight excluding hydrogens is 144 g/mol. The predicted molar refractivity (Wildman–Crippen MR) is 41.6 cm³/mol. The molecule has 1 aliphatic heterocycles. The van der Waals surface area contributed by atoms with Gasteiger partial charge in [-0.3, -0.25) is 0 Å². The van der Waals surface area contributed by atoms with Crippen LogP contribution in [0.15, 0.2) is 0 Å². The van der Waals surface area contributed by atoms with Gasteiger partial charge in [0, 0.05) is 20.6 Å². The van der Waals surface area contributed by atoms with Crippen LogP contribution >= 0.6 is 0 Å². The van der Waals surface area contributed by atoms with Gasteiger partial charge in [-0.05, 0) is 6.92 Å². The Kier molecular flexibility index (Phi) is 3.30. The maximum absolute atomic E-state index is 5.56. The van der Waals surface area contributed by atoms with E-state index in [9.17, 15) is 0 Å². The van der Waals surface area contributed by atoms with Crippen molar-refractivity contribution in [3.8, 4) is 0 Å². The molecule has 0 bridgehead atoms. The molecule has 0 aromatic carbocycles. The molecule has 3 nitrogen and oxygen atoms in total. The third-order valence-corrected chi connectivity index (χ3v) is 2.02. The van der Waals surface area contributed by atoms with Crippen LogP contribution in [0.25, 0.3) is 0 Å². The van der Waals surface area contributed by atoms with Crippen molar-refractivity contribution in [2.24, 2.45) is 0 Å². The van der Waals surface area contributed by atoms with Gasteiger partial charge >= 0.3 is 0 Å². The lowest BCUT2D eigenvalue weighted by Crippen LogP contribution is -2.27. The molecular formula is C8H16O3. The van der Waals surface area contributed by atoms with E-state index in [-0.39, 0.29) is 12.2 Å². The molecule has 1 unspecified atom stereocenters. The van der Waals surface area contributed by atoms with Crippen LogP contribution in [0.3, 0.4) is 0 Å². The summed E-state index contributed by atoms with van der Waals surface area (Å²) >= 11 is 0. The number of rotatable bonds is 3. The fourth-order valence-corrected chi connectivity index (χ4v) is 1.48. The molecule has 1 heterocycles. The lowest BCUT2D eigenvalue weighted by atomic mass is 10.1. The summed E-state index contributed by atoms with van der Waals surface area (Å²) in [6.45, 7) is 2.69. The fraction of sp³-hybridized carbons (Fsp3) is 1.00. The van der Waals surface area contributed by atoms with Crippen LogP contribution in [0, 0.1) is 0 Å². The largest absolute Gasteiger partial charge is 0.382 e. The standard InChI is InChI=1S/C8H16O3/c1-6-4-7(10-3)8(11-6)5-9-2/h6-8H,4-5H2,1-3H3/t6-,7?,8+/m0/s1. The van der Waals surface area contributed by atoms with E-state index in [0.29, 0.717) is 12.7 Å². The summed E-state index contributed by atoms with van der Waals surface area (Å²) in [6.07, 6.45) is 1.62. The van der Waals surface area contributed by atoms with Crippen molar-refractivity contribution in [3.05, 3.63) is 0 Å². The number of ether oxygens (including phenoxy) is 3. The van der Waals surface area contributed by atoms with Crippen molar-refractivity contribution in [1.82, 2.24) is 0 Å². The first-order chi connectivity index (χ1) is 5.27. The number of methoxy groups -OCH3 is 2. The fourth-order valence-electron chi connectivity index (χ4n) is 1.48. The minimum atomic E-state index is 0.125. The van der Waals surface area contributed by atoms with E-state index in [0.717, 1.165) is 6.42 Å². The van der Waals surface area contributed by atoms with Gasteiger partial charge in [0.1, 0.15) is 6.10 Å². The second-order valence-corrected chi connectivity index (χ2v) is 2.95. The maximum Gasteiger partial charge on any atom is 0.107 e. The Labute approximate surface area is 67.6 Å². The summed E-state index contributed by atoms with van der Waals surface area (Å²) in [5.74, 6) is 0. The van der Waals surface area contributed by atoms with Gasteiger partial charge in [0.05, 0.1) is 18.8 Å². The predicted octanol–water partition coefficient (Wildman–Crippen LogP) is 0.825. The average molecular weight is 160 g/mol. The van der Waals surface area contributed by atoms with Crippen molar-refractivity contribution in [2.45, 2.75) is 31.7 Å². The molecule has 0 radical (unpaired) electrons. The normalized spacial score (nSPS) is 37.9. The molecule has 3 atom stereocenters. The molecule has 0 N–H and O–H groups in total. The van der Waals surface area contributed by atoms with Crippen molar-refractivity contribution in [1.29, 1.82) is 0 Å². The van der Waals surface area contributed by atoms with Crippen molar-refractivity contribution in [3.63, 3.8) is 0 Å². The van der Waals surface area contributed by atoms with Crippen molar-refractivity contribution >= 4 is 0 Å². The smallest absolute Gasteiger partial charge is 0.107 e. The SMILES string of the molecule is COC[C@H]1O[C@@H](C)CC1OC. The summed E-state index contributed by atoms with van der Waals surface area (Å²) in [4.78, 5) is 0. The molecule has 11 heavy (non-hydrogen) atoms. The summed E-state index contributed by atoms with van der Waals surface area (Å²) in [5, 5.41) is 0. The van der Waals surface area contributed by atoms with Gasteiger partial charge in [0.15, 0.2) is 0 Å². The molecule has 3 heteroatoms. The zero-order chi connectivity index (χ0) is 8.27. The Bertz CT molecular complexity index is 116. The molecule has 0 spiro atoms. The Balaban J connectivity index is 2.37. The first-order valence-electron chi connectivity index (χ1n) is 3.95. The summed E-state index contributed by atoms with van der Waals surface area (Å²) in [5.41, 5.74) is 0. The van der Waals surface area contributed by atoms with E-state index in [1.54, 1.807) is 14.2 Å². The molecule has 0 amide bonds.